The molecule has 0 heterocycles. The molecule has 1 aromatic carbocycles. The third-order valence-corrected chi connectivity index (χ3v) is 4.31. The second kappa shape index (κ2) is 5.27. The largest absolute Gasteiger partial charge is 0.300 e. The molecule has 1 aliphatic carbocycles. The predicted molar refractivity (Wildman–Crippen MR) is 74.5 cm³/mol. The zero-order chi connectivity index (χ0) is 13.2. The van der Waals surface area contributed by atoms with Crippen molar-refractivity contribution in [2.75, 3.05) is 14.1 Å². The first kappa shape index (κ1) is 13.4. The van der Waals surface area contributed by atoms with Crippen LogP contribution in [0.15, 0.2) is 29.8 Å². The Kier molecular flexibility index (Phi) is 3.91. The predicted octanol–water partition coefficient (Wildman–Crippen LogP) is 3.43. The molecular weight excluding hydrogens is 246 g/mol. The number of hydrogen-bond donors (Lipinski definition) is 0. The van der Waals surface area contributed by atoms with Crippen LogP contribution in [0.5, 0.6) is 0 Å². The number of rotatable bonds is 2. The van der Waals surface area contributed by atoms with Gasteiger partial charge in [0.15, 0.2) is 0 Å². The van der Waals surface area contributed by atoms with Crippen molar-refractivity contribution in [1.29, 1.82) is 0 Å². The van der Waals surface area contributed by atoms with E-state index in [0.29, 0.717) is 0 Å². The Labute approximate surface area is 113 Å². The molecule has 0 unspecified atom stereocenters. The van der Waals surface area contributed by atoms with Crippen molar-refractivity contribution in [3.63, 3.8) is 0 Å². The van der Waals surface area contributed by atoms with E-state index in [4.69, 9.17) is 11.6 Å². The van der Waals surface area contributed by atoms with Crippen LogP contribution >= 0.6 is 11.6 Å². The molecule has 2 rings (SSSR count). The van der Waals surface area contributed by atoms with Gasteiger partial charge in [-0.25, -0.2) is 4.79 Å². The Morgan fingerprint density at radius 1 is 1.17 bits per heavy atom. The first-order valence-electron chi connectivity index (χ1n) is 6.25. The summed E-state index contributed by atoms with van der Waals surface area (Å²) in [5.74, 6) is 2.07. The van der Waals surface area contributed by atoms with Crippen molar-refractivity contribution in [2.45, 2.75) is 31.2 Å². The highest BCUT2D eigenvalue weighted by molar-refractivity contribution is 6.30. The van der Waals surface area contributed by atoms with Gasteiger partial charge in [0.25, 0.3) is 0 Å². The van der Waals surface area contributed by atoms with Gasteiger partial charge < -0.3 is 0 Å². The van der Waals surface area contributed by atoms with Crippen LogP contribution in [0.4, 0.5) is 0 Å². The first-order chi connectivity index (χ1) is 8.58. The maximum atomic E-state index is 10.7. The van der Waals surface area contributed by atoms with Crippen molar-refractivity contribution in [3.05, 3.63) is 40.4 Å². The van der Waals surface area contributed by atoms with Gasteiger partial charge in [0.05, 0.1) is 0 Å². The second-order valence-corrected chi connectivity index (χ2v) is 5.57. The molecule has 1 saturated carbocycles. The molecule has 0 amide bonds. The summed E-state index contributed by atoms with van der Waals surface area (Å²) in [5, 5.41) is 0.761. The minimum Gasteiger partial charge on any atom is -0.300 e. The number of allylic oxidation sites excluding steroid dienone is 1. The maximum absolute atomic E-state index is 10.7. The molecule has 0 N–H and O–H groups in total. The topological polar surface area (TPSA) is 20.3 Å². The Morgan fingerprint density at radius 3 is 2.17 bits per heavy atom. The molecule has 0 saturated heterocycles. The lowest BCUT2D eigenvalue weighted by molar-refractivity contribution is 0.114. The smallest absolute Gasteiger partial charge is 0.123 e. The van der Waals surface area contributed by atoms with Gasteiger partial charge in [-0.2, -0.15) is 0 Å². The Bertz CT molecular complexity index is 462. The van der Waals surface area contributed by atoms with Gasteiger partial charge in [-0.1, -0.05) is 23.7 Å². The first-order valence-corrected chi connectivity index (χ1v) is 6.62. The van der Waals surface area contributed by atoms with E-state index in [0.717, 1.165) is 36.3 Å². The van der Waals surface area contributed by atoms with E-state index in [9.17, 15) is 4.79 Å². The molecule has 96 valence electrons. The lowest BCUT2D eigenvalue weighted by atomic mass is 9.74. The van der Waals surface area contributed by atoms with Gasteiger partial charge in [-0.15, -0.1) is 0 Å². The van der Waals surface area contributed by atoms with E-state index >= 15 is 0 Å². The highest BCUT2D eigenvalue weighted by atomic mass is 35.5. The summed E-state index contributed by atoms with van der Waals surface area (Å²) in [6.45, 7) is 0. The van der Waals surface area contributed by atoms with E-state index in [2.05, 4.69) is 37.1 Å². The lowest BCUT2D eigenvalue weighted by Gasteiger charge is -2.43. The zero-order valence-electron chi connectivity index (χ0n) is 10.9. The van der Waals surface area contributed by atoms with Gasteiger partial charge >= 0.3 is 0 Å². The summed E-state index contributed by atoms with van der Waals surface area (Å²) in [6, 6.07) is 8.07. The van der Waals surface area contributed by atoms with Crippen molar-refractivity contribution < 1.29 is 4.79 Å². The fourth-order valence-electron chi connectivity index (χ4n) is 2.82. The van der Waals surface area contributed by atoms with Crippen LogP contribution in [-0.4, -0.2) is 24.9 Å². The average molecular weight is 264 g/mol. The molecular formula is C15H18ClNO. The van der Waals surface area contributed by atoms with Crippen molar-refractivity contribution >= 4 is 17.5 Å². The third kappa shape index (κ3) is 2.37. The normalized spacial score (nSPS) is 24.1. The number of nitrogens with zero attached hydrogens (tertiary/aromatic N) is 1. The Balaban J connectivity index is 2.34. The molecule has 0 bridgehead atoms. The molecule has 0 radical (unpaired) electrons. The summed E-state index contributed by atoms with van der Waals surface area (Å²) in [7, 11) is 4.20. The molecule has 0 aromatic heterocycles. The van der Waals surface area contributed by atoms with Crippen LogP contribution in [0.25, 0.3) is 0 Å². The highest BCUT2D eigenvalue weighted by Gasteiger charge is 2.37. The SMILES string of the molecule is CN(C)C1(c2ccc(Cl)cc2)CCC(=C=O)CC1. The van der Waals surface area contributed by atoms with Gasteiger partial charge in [0.2, 0.25) is 0 Å². The molecule has 0 atom stereocenters. The Morgan fingerprint density at radius 2 is 1.72 bits per heavy atom. The fraction of sp³-hybridized carbons (Fsp3) is 0.467. The molecule has 2 nitrogen and oxygen atoms in total. The lowest BCUT2D eigenvalue weighted by Crippen LogP contribution is -2.43. The van der Waals surface area contributed by atoms with E-state index < -0.39 is 0 Å². The summed E-state index contributed by atoms with van der Waals surface area (Å²) in [4.78, 5) is 13.0. The molecule has 0 spiro atoms. The quantitative estimate of drug-likeness (QED) is 0.762. The van der Waals surface area contributed by atoms with E-state index in [1.165, 1.54) is 5.56 Å². The highest BCUT2D eigenvalue weighted by Crippen LogP contribution is 2.42. The monoisotopic (exact) mass is 263 g/mol. The zero-order valence-corrected chi connectivity index (χ0v) is 11.6. The average Bonchev–Trinajstić information content (AvgIpc) is 2.39. The van der Waals surface area contributed by atoms with Crippen molar-refractivity contribution in [2.24, 2.45) is 0 Å². The van der Waals surface area contributed by atoms with Crippen LogP contribution in [0, 0.1) is 0 Å². The molecule has 1 fully saturated rings. The molecule has 18 heavy (non-hydrogen) atoms. The van der Waals surface area contributed by atoms with Crippen LogP contribution in [0.2, 0.25) is 5.02 Å². The van der Waals surface area contributed by atoms with E-state index in [1.807, 2.05) is 12.1 Å². The van der Waals surface area contributed by atoms with E-state index in [-0.39, 0.29) is 5.54 Å². The molecule has 1 aliphatic rings. The summed E-state index contributed by atoms with van der Waals surface area (Å²) in [6.07, 6.45) is 3.60. The summed E-state index contributed by atoms with van der Waals surface area (Å²) < 4.78 is 0. The molecule has 1 aromatic rings. The summed E-state index contributed by atoms with van der Waals surface area (Å²) >= 11 is 5.95. The van der Waals surface area contributed by atoms with Crippen LogP contribution in [0.1, 0.15) is 31.2 Å². The molecule has 3 heteroatoms. The van der Waals surface area contributed by atoms with Crippen LogP contribution < -0.4 is 0 Å². The minimum atomic E-state index is 0.0188. The fourth-order valence-corrected chi connectivity index (χ4v) is 2.95. The van der Waals surface area contributed by atoms with Crippen molar-refractivity contribution in [1.82, 2.24) is 4.90 Å². The van der Waals surface area contributed by atoms with Crippen LogP contribution in [-0.2, 0) is 10.3 Å². The van der Waals surface area contributed by atoms with Gasteiger partial charge in [0, 0.05) is 16.1 Å². The third-order valence-electron chi connectivity index (χ3n) is 4.06. The van der Waals surface area contributed by atoms with Crippen molar-refractivity contribution in [3.8, 4) is 0 Å². The van der Waals surface area contributed by atoms with Gasteiger partial charge in [-0.3, -0.25) is 4.90 Å². The number of halogens is 1. The Hall–Kier alpha value is -1.08. The minimum absolute atomic E-state index is 0.0188. The van der Waals surface area contributed by atoms with E-state index in [1.54, 1.807) is 0 Å². The summed E-state index contributed by atoms with van der Waals surface area (Å²) in [5.41, 5.74) is 2.22. The maximum Gasteiger partial charge on any atom is 0.123 e. The number of benzene rings is 1. The standard InChI is InChI=1S/C15H18ClNO/c1-17(2)15(9-7-12(11-18)8-10-15)13-3-5-14(16)6-4-13/h3-6H,7-10H2,1-2H3. The van der Waals surface area contributed by atoms with Crippen LogP contribution in [0.3, 0.4) is 0 Å². The number of carbonyl (C=O) groups excluding carboxylic acids is 1. The molecule has 0 aliphatic heterocycles. The van der Waals surface area contributed by atoms with Gasteiger partial charge in [-0.05, 0) is 57.5 Å². The second-order valence-electron chi connectivity index (χ2n) is 5.14. The number of hydrogen-bond acceptors (Lipinski definition) is 2. The van der Waals surface area contributed by atoms with Gasteiger partial charge in [0.1, 0.15) is 5.94 Å².